The molecule has 0 aromatic carbocycles. The Morgan fingerprint density at radius 1 is 1.60 bits per heavy atom. The highest BCUT2D eigenvalue weighted by Crippen LogP contribution is 2.15. The number of nitrogen functional groups attached to an aromatic ring is 1. The van der Waals surface area contributed by atoms with Crippen LogP contribution in [-0.4, -0.2) is 20.1 Å². The Labute approximate surface area is 88.1 Å². The Hall–Kier alpha value is -1.83. The molecule has 0 spiro atoms. The lowest BCUT2D eigenvalue weighted by Crippen LogP contribution is -2.09. The van der Waals surface area contributed by atoms with Crippen LogP contribution in [0.15, 0.2) is 26.9 Å². The standard InChI is InChI=1S/C7H7N5O2S/c8-4-1-6(13)11-7(10-4)15-2-5-9-3-14-12-5/h1,3H,2H2,(H3,8,10,11,13). The number of thioether (sulfide) groups is 1. The number of aromatic nitrogens is 4. The van der Waals surface area contributed by atoms with Crippen LogP contribution in [0.3, 0.4) is 0 Å². The summed E-state index contributed by atoms with van der Waals surface area (Å²) in [6.45, 7) is 0. The fourth-order valence-electron chi connectivity index (χ4n) is 0.911. The Balaban J connectivity index is 2.08. The first-order chi connectivity index (χ1) is 7.24. The zero-order valence-corrected chi connectivity index (χ0v) is 8.32. The maximum atomic E-state index is 11.0. The lowest BCUT2D eigenvalue weighted by Gasteiger charge is -1.97. The van der Waals surface area contributed by atoms with E-state index in [1.807, 2.05) is 0 Å². The van der Waals surface area contributed by atoms with Gasteiger partial charge in [-0.1, -0.05) is 16.9 Å². The summed E-state index contributed by atoms with van der Waals surface area (Å²) in [7, 11) is 0. The third kappa shape index (κ3) is 2.56. The molecule has 2 rings (SSSR count). The van der Waals surface area contributed by atoms with E-state index in [9.17, 15) is 4.79 Å². The minimum absolute atomic E-state index is 0.189. The average molecular weight is 225 g/mol. The van der Waals surface area contributed by atoms with Crippen molar-refractivity contribution in [3.63, 3.8) is 0 Å². The number of nitrogens with one attached hydrogen (secondary N) is 1. The molecule has 7 nitrogen and oxygen atoms in total. The normalized spacial score (nSPS) is 10.4. The fraction of sp³-hybridized carbons (Fsp3) is 0.143. The lowest BCUT2D eigenvalue weighted by molar-refractivity contribution is 0.412. The van der Waals surface area contributed by atoms with Crippen molar-refractivity contribution in [3.05, 3.63) is 28.6 Å². The summed E-state index contributed by atoms with van der Waals surface area (Å²) in [4.78, 5) is 21.3. The van der Waals surface area contributed by atoms with Crippen LogP contribution in [0.5, 0.6) is 0 Å². The van der Waals surface area contributed by atoms with E-state index >= 15 is 0 Å². The molecule has 0 fully saturated rings. The summed E-state index contributed by atoms with van der Waals surface area (Å²) in [6.07, 6.45) is 1.24. The molecule has 2 aromatic heterocycles. The molecule has 0 aliphatic carbocycles. The number of nitrogens with zero attached hydrogens (tertiary/aromatic N) is 3. The van der Waals surface area contributed by atoms with Crippen LogP contribution >= 0.6 is 11.8 Å². The van der Waals surface area contributed by atoms with Gasteiger partial charge in [-0.2, -0.15) is 4.98 Å². The molecule has 0 amide bonds. The summed E-state index contributed by atoms with van der Waals surface area (Å²) in [5, 5.41) is 4.05. The maximum absolute atomic E-state index is 11.0. The molecular weight excluding hydrogens is 218 g/mol. The smallest absolute Gasteiger partial charge is 0.253 e. The highest BCUT2D eigenvalue weighted by atomic mass is 32.2. The van der Waals surface area contributed by atoms with E-state index in [1.165, 1.54) is 24.2 Å². The Bertz CT molecular complexity index is 494. The first kappa shape index (κ1) is 9.71. The molecule has 0 bridgehead atoms. The fourth-order valence-corrected chi connectivity index (χ4v) is 1.65. The molecular formula is C7H7N5O2S. The van der Waals surface area contributed by atoms with E-state index in [4.69, 9.17) is 5.73 Å². The van der Waals surface area contributed by atoms with Gasteiger partial charge in [-0.25, -0.2) is 4.98 Å². The van der Waals surface area contributed by atoms with E-state index in [0.29, 0.717) is 16.7 Å². The Morgan fingerprint density at radius 3 is 3.13 bits per heavy atom. The molecule has 0 atom stereocenters. The minimum Gasteiger partial charge on any atom is -0.383 e. The van der Waals surface area contributed by atoms with Gasteiger partial charge in [0.1, 0.15) is 5.82 Å². The van der Waals surface area contributed by atoms with Gasteiger partial charge in [0, 0.05) is 6.07 Å². The number of rotatable bonds is 3. The second-order valence-electron chi connectivity index (χ2n) is 2.61. The summed E-state index contributed by atoms with van der Waals surface area (Å²) < 4.78 is 4.56. The van der Waals surface area contributed by atoms with Gasteiger partial charge in [-0.15, -0.1) is 0 Å². The van der Waals surface area contributed by atoms with Crippen LogP contribution in [0.1, 0.15) is 5.82 Å². The van der Waals surface area contributed by atoms with Gasteiger partial charge >= 0.3 is 0 Å². The SMILES string of the molecule is Nc1cc(=O)[nH]c(SCc2ncon2)n1. The van der Waals surface area contributed by atoms with Crippen molar-refractivity contribution < 1.29 is 4.52 Å². The first-order valence-corrected chi connectivity index (χ1v) is 4.97. The highest BCUT2D eigenvalue weighted by Gasteiger charge is 2.03. The van der Waals surface area contributed by atoms with Gasteiger partial charge in [-0.3, -0.25) is 4.79 Å². The molecule has 3 N–H and O–H groups in total. The van der Waals surface area contributed by atoms with Gasteiger partial charge in [0.25, 0.3) is 5.56 Å². The van der Waals surface area contributed by atoms with Crippen molar-refractivity contribution >= 4 is 17.6 Å². The van der Waals surface area contributed by atoms with Crippen LogP contribution in [0.25, 0.3) is 0 Å². The number of hydrogen-bond donors (Lipinski definition) is 2. The predicted molar refractivity (Wildman–Crippen MR) is 53.1 cm³/mol. The largest absolute Gasteiger partial charge is 0.383 e. The zero-order chi connectivity index (χ0) is 10.7. The quantitative estimate of drug-likeness (QED) is 0.559. The summed E-state index contributed by atoms with van der Waals surface area (Å²) in [6, 6.07) is 1.22. The third-order valence-corrected chi connectivity index (χ3v) is 2.35. The highest BCUT2D eigenvalue weighted by molar-refractivity contribution is 7.98. The minimum atomic E-state index is -0.280. The monoisotopic (exact) mass is 225 g/mol. The summed E-state index contributed by atoms with van der Waals surface area (Å²) in [5.74, 6) is 1.18. The van der Waals surface area contributed by atoms with E-state index < -0.39 is 0 Å². The molecule has 2 heterocycles. The van der Waals surface area contributed by atoms with E-state index in [0.717, 1.165) is 0 Å². The molecule has 2 aromatic rings. The Morgan fingerprint density at radius 2 is 2.47 bits per heavy atom. The number of aromatic amines is 1. The summed E-state index contributed by atoms with van der Waals surface area (Å²) >= 11 is 1.27. The average Bonchev–Trinajstić information content (AvgIpc) is 2.65. The number of nitrogens with two attached hydrogens (primary N) is 1. The van der Waals surface area contributed by atoms with E-state index in [2.05, 4.69) is 24.6 Å². The molecule has 0 saturated heterocycles. The maximum Gasteiger partial charge on any atom is 0.253 e. The first-order valence-electron chi connectivity index (χ1n) is 3.99. The van der Waals surface area contributed by atoms with E-state index in [-0.39, 0.29) is 11.4 Å². The van der Waals surface area contributed by atoms with E-state index in [1.54, 1.807) is 0 Å². The third-order valence-electron chi connectivity index (χ3n) is 1.48. The van der Waals surface area contributed by atoms with Crippen molar-refractivity contribution in [3.8, 4) is 0 Å². The topological polar surface area (TPSA) is 111 Å². The van der Waals surface area contributed by atoms with Gasteiger partial charge in [0.2, 0.25) is 6.39 Å². The predicted octanol–water partition coefficient (Wildman–Crippen LogP) is 0.0274. The van der Waals surface area contributed by atoms with Crippen molar-refractivity contribution in [2.45, 2.75) is 10.9 Å². The van der Waals surface area contributed by atoms with Crippen molar-refractivity contribution in [2.75, 3.05) is 5.73 Å². The van der Waals surface area contributed by atoms with Crippen LogP contribution in [0, 0.1) is 0 Å². The van der Waals surface area contributed by atoms with Crippen LogP contribution < -0.4 is 11.3 Å². The Kier molecular flexibility index (Phi) is 2.68. The molecule has 0 aliphatic rings. The number of hydrogen-bond acceptors (Lipinski definition) is 7. The van der Waals surface area contributed by atoms with Crippen LogP contribution in [0.2, 0.25) is 0 Å². The van der Waals surface area contributed by atoms with Crippen LogP contribution in [-0.2, 0) is 5.75 Å². The van der Waals surface area contributed by atoms with Gasteiger partial charge in [0.15, 0.2) is 11.0 Å². The molecule has 0 unspecified atom stereocenters. The molecule has 0 aliphatic heterocycles. The molecule has 78 valence electrons. The lowest BCUT2D eigenvalue weighted by atomic mass is 10.6. The second-order valence-corrected chi connectivity index (χ2v) is 3.58. The number of anilines is 1. The van der Waals surface area contributed by atoms with Gasteiger partial charge < -0.3 is 15.2 Å². The zero-order valence-electron chi connectivity index (χ0n) is 7.51. The summed E-state index contributed by atoms with van der Waals surface area (Å²) in [5.41, 5.74) is 5.13. The molecule has 0 saturated carbocycles. The number of H-pyrrole nitrogens is 1. The van der Waals surface area contributed by atoms with Gasteiger partial charge in [0.05, 0.1) is 5.75 Å². The van der Waals surface area contributed by atoms with Crippen molar-refractivity contribution in [1.29, 1.82) is 0 Å². The van der Waals surface area contributed by atoms with Crippen molar-refractivity contribution in [1.82, 2.24) is 20.1 Å². The molecule has 8 heteroatoms. The second kappa shape index (κ2) is 4.13. The molecule has 15 heavy (non-hydrogen) atoms. The van der Waals surface area contributed by atoms with Crippen LogP contribution in [0.4, 0.5) is 5.82 Å². The van der Waals surface area contributed by atoms with Gasteiger partial charge in [-0.05, 0) is 0 Å². The van der Waals surface area contributed by atoms with Crippen molar-refractivity contribution in [2.24, 2.45) is 0 Å². The molecule has 0 radical (unpaired) electrons.